The Morgan fingerprint density at radius 2 is 1.61 bits per heavy atom. The lowest BCUT2D eigenvalue weighted by atomic mass is 10.0. The maximum atomic E-state index is 12.8. The lowest BCUT2D eigenvalue weighted by Gasteiger charge is -2.20. The minimum Gasteiger partial charge on any atom is -0.355 e. The van der Waals surface area contributed by atoms with Crippen LogP contribution in [0.25, 0.3) is 0 Å². The van der Waals surface area contributed by atoms with Gasteiger partial charge in [-0.15, -0.1) is 0 Å². The summed E-state index contributed by atoms with van der Waals surface area (Å²) in [6, 6.07) is 14.4. The van der Waals surface area contributed by atoms with Gasteiger partial charge in [-0.25, -0.2) is 13.3 Å². The number of carbonyl (C=O) groups is 1. The van der Waals surface area contributed by atoms with E-state index in [0.717, 1.165) is 23.3 Å². The van der Waals surface area contributed by atoms with Gasteiger partial charge in [0.15, 0.2) is 0 Å². The molecule has 2 aromatic rings. The van der Waals surface area contributed by atoms with Crippen LogP contribution < -0.4 is 10.0 Å². The lowest BCUT2D eigenvalue weighted by Crippen LogP contribution is -2.34. The van der Waals surface area contributed by atoms with Gasteiger partial charge in [0.2, 0.25) is 6.41 Å². The minimum absolute atomic E-state index is 0.264. The van der Waals surface area contributed by atoms with Gasteiger partial charge in [0, 0.05) is 17.5 Å². The highest BCUT2D eigenvalue weighted by Crippen LogP contribution is 2.21. The third kappa shape index (κ3) is 8.83. The van der Waals surface area contributed by atoms with Crippen LogP contribution in [0.2, 0.25) is 0 Å². The summed E-state index contributed by atoms with van der Waals surface area (Å²) < 4.78 is 28.5. The van der Waals surface area contributed by atoms with Crippen LogP contribution in [0.3, 0.4) is 0 Å². The highest BCUT2D eigenvalue weighted by molar-refractivity contribution is 7.98. The summed E-state index contributed by atoms with van der Waals surface area (Å²) in [6.45, 7) is 4.78. The molecule has 0 saturated heterocycles. The second-order valence-electron chi connectivity index (χ2n) is 8.33. The predicted molar refractivity (Wildman–Crippen MR) is 128 cm³/mol. The second kappa shape index (κ2) is 12.6. The molecule has 1 atom stereocenters. The summed E-state index contributed by atoms with van der Waals surface area (Å²) in [4.78, 5) is 10.7. The maximum Gasteiger partial charge on any atom is 0.207 e. The lowest BCUT2D eigenvalue weighted by molar-refractivity contribution is -0.109. The zero-order chi connectivity index (χ0) is 22.7. The Morgan fingerprint density at radius 3 is 2.13 bits per heavy atom. The van der Waals surface area contributed by atoms with Gasteiger partial charge in [0.05, 0.1) is 9.71 Å². The fourth-order valence-electron chi connectivity index (χ4n) is 3.57. The standard InChI is InChI=1S/C17H27NOS.C8H8FNO/c1-14(2)15-10-12-17(13-11-15)20(3,19)18-16-8-6-4-5-7-9-16;9-8-3-1-7(2-4-8)5-10-6-11/h10-14,16H,3-9H2,1-2H3,(H,18,19);1-4,6H,5H2,(H,10,11). The van der Waals surface area contributed by atoms with Crippen LogP contribution in [-0.2, 0) is 21.0 Å². The molecule has 1 amide bonds. The smallest absolute Gasteiger partial charge is 0.207 e. The van der Waals surface area contributed by atoms with E-state index in [9.17, 15) is 13.4 Å². The van der Waals surface area contributed by atoms with E-state index in [-0.39, 0.29) is 5.82 Å². The number of carbonyl (C=O) groups excluding carboxylic acids is 1. The van der Waals surface area contributed by atoms with Gasteiger partial charge in [-0.2, -0.15) is 0 Å². The first kappa shape index (κ1) is 25.1. The molecule has 1 aliphatic rings. The SMILES string of the molecule is C=S(=O)(NC1CCCCCC1)c1ccc(C(C)C)cc1.O=CNCc1ccc(F)cc1. The van der Waals surface area contributed by atoms with E-state index in [1.807, 2.05) is 12.1 Å². The van der Waals surface area contributed by atoms with Crippen molar-refractivity contribution in [3.8, 4) is 0 Å². The van der Waals surface area contributed by atoms with Crippen molar-refractivity contribution in [1.29, 1.82) is 0 Å². The van der Waals surface area contributed by atoms with Gasteiger partial charge in [0.1, 0.15) is 5.82 Å². The zero-order valence-corrected chi connectivity index (χ0v) is 19.4. The number of nitrogens with one attached hydrogen (secondary N) is 2. The van der Waals surface area contributed by atoms with E-state index in [1.54, 1.807) is 12.1 Å². The van der Waals surface area contributed by atoms with Crippen molar-refractivity contribution in [2.24, 2.45) is 0 Å². The Morgan fingerprint density at radius 1 is 1.03 bits per heavy atom. The number of halogens is 1. The Kier molecular flexibility index (Phi) is 10.2. The van der Waals surface area contributed by atoms with Crippen LogP contribution in [0.5, 0.6) is 0 Å². The fourth-order valence-corrected chi connectivity index (χ4v) is 5.05. The Balaban J connectivity index is 0.000000262. The van der Waals surface area contributed by atoms with Crippen molar-refractivity contribution in [2.75, 3.05) is 0 Å². The molecule has 3 rings (SSSR count). The molecule has 1 unspecified atom stereocenters. The summed E-state index contributed by atoms with van der Waals surface area (Å²) in [5, 5.41) is 2.48. The zero-order valence-electron chi connectivity index (χ0n) is 18.6. The van der Waals surface area contributed by atoms with E-state index in [1.165, 1.54) is 43.4 Å². The molecular weight excluding hydrogens is 411 g/mol. The van der Waals surface area contributed by atoms with E-state index < -0.39 is 9.71 Å². The number of rotatable bonds is 7. The molecular formula is C25H35FN2O2S. The molecule has 6 heteroatoms. The second-order valence-corrected chi connectivity index (χ2v) is 10.4. The molecule has 1 fully saturated rings. The number of hydrogen-bond acceptors (Lipinski definition) is 2. The van der Waals surface area contributed by atoms with Crippen molar-refractivity contribution in [3.05, 3.63) is 65.5 Å². The van der Waals surface area contributed by atoms with E-state index >= 15 is 0 Å². The van der Waals surface area contributed by atoms with Crippen LogP contribution in [0, 0.1) is 5.82 Å². The van der Waals surface area contributed by atoms with Crippen molar-refractivity contribution in [2.45, 2.75) is 75.8 Å². The molecule has 4 nitrogen and oxygen atoms in total. The summed E-state index contributed by atoms with van der Waals surface area (Å²) in [7, 11) is -2.37. The molecule has 0 heterocycles. The number of hydrogen-bond donors (Lipinski definition) is 2. The summed E-state index contributed by atoms with van der Waals surface area (Å²) in [5.41, 5.74) is 2.16. The third-order valence-corrected chi connectivity index (χ3v) is 7.19. The van der Waals surface area contributed by atoms with Crippen LogP contribution >= 0.6 is 0 Å². The van der Waals surface area contributed by atoms with Crippen LogP contribution in [0.15, 0.2) is 53.4 Å². The Labute approximate surface area is 186 Å². The van der Waals surface area contributed by atoms with Crippen LogP contribution in [-0.4, -0.2) is 22.5 Å². The maximum absolute atomic E-state index is 12.8. The van der Waals surface area contributed by atoms with E-state index in [0.29, 0.717) is 24.9 Å². The van der Waals surface area contributed by atoms with Gasteiger partial charge >= 0.3 is 0 Å². The van der Waals surface area contributed by atoms with Crippen molar-refractivity contribution in [3.63, 3.8) is 0 Å². The molecule has 1 aliphatic carbocycles. The topological polar surface area (TPSA) is 58.2 Å². The first-order chi connectivity index (χ1) is 14.8. The molecule has 0 aliphatic heterocycles. The largest absolute Gasteiger partial charge is 0.355 e. The molecule has 170 valence electrons. The fraction of sp³-hybridized carbons (Fsp3) is 0.440. The average molecular weight is 447 g/mol. The first-order valence-electron chi connectivity index (χ1n) is 11.0. The molecule has 2 N–H and O–H groups in total. The van der Waals surface area contributed by atoms with Crippen molar-refractivity contribution < 1.29 is 13.4 Å². The molecule has 0 aromatic heterocycles. The molecule has 1 saturated carbocycles. The molecule has 31 heavy (non-hydrogen) atoms. The van der Waals surface area contributed by atoms with Crippen LogP contribution in [0.4, 0.5) is 4.39 Å². The predicted octanol–water partition coefficient (Wildman–Crippen LogP) is 5.18. The highest BCUT2D eigenvalue weighted by atomic mass is 32.2. The molecule has 0 radical (unpaired) electrons. The van der Waals surface area contributed by atoms with E-state index in [2.05, 4.69) is 41.9 Å². The first-order valence-corrected chi connectivity index (χ1v) is 12.7. The van der Waals surface area contributed by atoms with Gasteiger partial charge in [-0.05, 0) is 60.0 Å². The highest BCUT2D eigenvalue weighted by Gasteiger charge is 2.17. The van der Waals surface area contributed by atoms with Crippen molar-refractivity contribution in [1.82, 2.24) is 10.0 Å². The van der Waals surface area contributed by atoms with Gasteiger partial charge in [-0.1, -0.05) is 63.8 Å². The van der Waals surface area contributed by atoms with Gasteiger partial charge in [0.25, 0.3) is 0 Å². The summed E-state index contributed by atoms with van der Waals surface area (Å²) >= 11 is 0. The van der Waals surface area contributed by atoms with Gasteiger partial charge < -0.3 is 5.32 Å². The average Bonchev–Trinajstić information content (AvgIpc) is 3.02. The molecule has 0 bridgehead atoms. The number of amides is 1. The Bertz CT molecular complexity index is 886. The van der Waals surface area contributed by atoms with Crippen LogP contribution in [0.1, 0.15) is 69.4 Å². The summed E-state index contributed by atoms with van der Waals surface area (Å²) in [6.07, 6.45) is 7.94. The third-order valence-electron chi connectivity index (χ3n) is 5.44. The monoisotopic (exact) mass is 446 g/mol. The van der Waals surface area contributed by atoms with E-state index in [4.69, 9.17) is 0 Å². The molecule has 2 aromatic carbocycles. The molecule has 0 spiro atoms. The quantitative estimate of drug-likeness (QED) is 0.350. The summed E-state index contributed by atoms with van der Waals surface area (Å²) in [5.74, 6) is 4.19. The minimum atomic E-state index is -2.37. The van der Waals surface area contributed by atoms with Gasteiger partial charge in [-0.3, -0.25) is 4.79 Å². The number of benzene rings is 2. The normalized spacial score (nSPS) is 16.5. The van der Waals surface area contributed by atoms with Crippen molar-refractivity contribution >= 4 is 22.0 Å². The Hall–Kier alpha value is -2.18.